The number of hydrogen-bond donors (Lipinski definition) is 2. The van der Waals surface area contributed by atoms with E-state index in [-0.39, 0.29) is 24.1 Å². The highest BCUT2D eigenvalue weighted by atomic mass is 16.5. The summed E-state index contributed by atoms with van der Waals surface area (Å²) in [5, 5.41) is 6.45. The molecule has 0 spiro atoms. The number of rotatable bonds is 3. The van der Waals surface area contributed by atoms with Gasteiger partial charge in [-0.1, -0.05) is 6.92 Å². The number of amides is 1. The van der Waals surface area contributed by atoms with Crippen molar-refractivity contribution in [2.75, 3.05) is 13.7 Å². The summed E-state index contributed by atoms with van der Waals surface area (Å²) in [5.74, 6) is 0.805. The van der Waals surface area contributed by atoms with Gasteiger partial charge in [0.15, 0.2) is 0 Å². The van der Waals surface area contributed by atoms with Gasteiger partial charge in [0.05, 0.1) is 18.2 Å². The smallest absolute Gasteiger partial charge is 0.237 e. The predicted molar refractivity (Wildman–Crippen MR) is 66.8 cm³/mol. The lowest BCUT2D eigenvalue weighted by Gasteiger charge is -2.29. The van der Waals surface area contributed by atoms with Gasteiger partial charge < -0.3 is 15.4 Å². The van der Waals surface area contributed by atoms with Crippen molar-refractivity contribution in [3.63, 3.8) is 0 Å². The summed E-state index contributed by atoms with van der Waals surface area (Å²) in [6.07, 6.45) is 5.60. The van der Waals surface area contributed by atoms with Gasteiger partial charge in [0.25, 0.3) is 0 Å². The summed E-state index contributed by atoms with van der Waals surface area (Å²) in [4.78, 5) is 12.1. The van der Waals surface area contributed by atoms with E-state index in [0.717, 1.165) is 32.2 Å². The Bertz CT molecular complexity index is 270. The molecule has 1 aliphatic heterocycles. The van der Waals surface area contributed by atoms with Crippen LogP contribution in [0.3, 0.4) is 0 Å². The first-order chi connectivity index (χ1) is 8.20. The van der Waals surface area contributed by atoms with Gasteiger partial charge in [0.2, 0.25) is 5.91 Å². The molecule has 2 rings (SSSR count). The minimum atomic E-state index is -0.00291. The van der Waals surface area contributed by atoms with E-state index < -0.39 is 0 Å². The summed E-state index contributed by atoms with van der Waals surface area (Å²) in [5.41, 5.74) is 0. The average molecular weight is 240 g/mol. The van der Waals surface area contributed by atoms with Gasteiger partial charge in [-0.3, -0.25) is 4.79 Å². The number of carbonyl (C=O) groups is 1. The highest BCUT2D eigenvalue weighted by molar-refractivity contribution is 5.82. The zero-order chi connectivity index (χ0) is 12.3. The highest BCUT2D eigenvalue weighted by Crippen LogP contribution is 2.22. The van der Waals surface area contributed by atoms with E-state index in [1.54, 1.807) is 7.11 Å². The van der Waals surface area contributed by atoms with Crippen LogP contribution in [0.15, 0.2) is 0 Å². The summed E-state index contributed by atoms with van der Waals surface area (Å²) in [6.45, 7) is 3.17. The molecule has 4 unspecified atom stereocenters. The Balaban J connectivity index is 1.83. The molecule has 4 atom stereocenters. The van der Waals surface area contributed by atoms with Gasteiger partial charge in [-0.05, 0) is 44.6 Å². The van der Waals surface area contributed by atoms with Crippen LogP contribution >= 0.6 is 0 Å². The lowest BCUT2D eigenvalue weighted by molar-refractivity contribution is -0.125. The molecule has 2 aliphatic rings. The third-order valence-electron chi connectivity index (χ3n) is 4.07. The number of methoxy groups -OCH3 is 1. The molecule has 1 heterocycles. The van der Waals surface area contributed by atoms with Crippen LogP contribution in [0.5, 0.6) is 0 Å². The molecule has 2 fully saturated rings. The second kappa shape index (κ2) is 5.83. The highest BCUT2D eigenvalue weighted by Gasteiger charge is 2.31. The van der Waals surface area contributed by atoms with Crippen molar-refractivity contribution < 1.29 is 9.53 Å². The van der Waals surface area contributed by atoms with Gasteiger partial charge in [-0.15, -0.1) is 0 Å². The van der Waals surface area contributed by atoms with E-state index in [9.17, 15) is 4.79 Å². The molecule has 0 bridgehead atoms. The van der Waals surface area contributed by atoms with Gasteiger partial charge >= 0.3 is 0 Å². The average Bonchev–Trinajstić information content (AvgIpc) is 2.76. The van der Waals surface area contributed by atoms with E-state index in [4.69, 9.17) is 4.74 Å². The van der Waals surface area contributed by atoms with E-state index in [0.29, 0.717) is 5.92 Å². The van der Waals surface area contributed by atoms with E-state index in [1.807, 2.05) is 0 Å². The lowest BCUT2D eigenvalue weighted by atomic mass is 9.93. The van der Waals surface area contributed by atoms with Crippen molar-refractivity contribution in [2.24, 2.45) is 5.92 Å². The molecule has 1 saturated carbocycles. The number of piperidine rings is 1. The molecular weight excluding hydrogens is 216 g/mol. The summed E-state index contributed by atoms with van der Waals surface area (Å²) in [6, 6.07) is 0.211. The van der Waals surface area contributed by atoms with Crippen LogP contribution in [-0.4, -0.2) is 37.7 Å². The SMILES string of the molecule is COC1CCCC1NC(=O)C1CC(C)CCN1. The first-order valence-corrected chi connectivity index (χ1v) is 6.77. The summed E-state index contributed by atoms with van der Waals surface area (Å²) < 4.78 is 5.40. The van der Waals surface area contributed by atoms with Crippen molar-refractivity contribution in [3.8, 4) is 0 Å². The molecule has 17 heavy (non-hydrogen) atoms. The van der Waals surface area contributed by atoms with Crippen LogP contribution < -0.4 is 10.6 Å². The topological polar surface area (TPSA) is 50.4 Å². The lowest BCUT2D eigenvalue weighted by Crippen LogP contribution is -2.52. The van der Waals surface area contributed by atoms with Gasteiger partial charge in [0.1, 0.15) is 0 Å². The number of ether oxygens (including phenoxy) is 1. The van der Waals surface area contributed by atoms with Crippen LogP contribution in [0.25, 0.3) is 0 Å². The number of hydrogen-bond acceptors (Lipinski definition) is 3. The molecule has 1 saturated heterocycles. The molecule has 0 aromatic carbocycles. The molecular formula is C13H24N2O2. The molecule has 2 N–H and O–H groups in total. The summed E-state index contributed by atoms with van der Waals surface area (Å²) >= 11 is 0. The van der Waals surface area contributed by atoms with Crippen LogP contribution in [0.1, 0.15) is 39.0 Å². The molecule has 0 aromatic heterocycles. The normalized spacial score (nSPS) is 38.0. The second-order valence-corrected chi connectivity index (χ2v) is 5.46. The monoisotopic (exact) mass is 240 g/mol. The number of carbonyl (C=O) groups excluding carboxylic acids is 1. The quantitative estimate of drug-likeness (QED) is 0.775. The fourth-order valence-electron chi connectivity index (χ4n) is 2.96. The van der Waals surface area contributed by atoms with Crippen LogP contribution in [0, 0.1) is 5.92 Å². The third kappa shape index (κ3) is 3.19. The largest absolute Gasteiger partial charge is 0.379 e. The maximum atomic E-state index is 12.1. The summed E-state index contributed by atoms with van der Waals surface area (Å²) in [7, 11) is 1.73. The van der Waals surface area contributed by atoms with Gasteiger partial charge in [-0.25, -0.2) is 0 Å². The maximum Gasteiger partial charge on any atom is 0.237 e. The molecule has 0 radical (unpaired) electrons. The zero-order valence-corrected chi connectivity index (χ0v) is 10.9. The van der Waals surface area contributed by atoms with E-state index in [1.165, 1.54) is 6.42 Å². The minimum absolute atomic E-state index is 0.00291. The second-order valence-electron chi connectivity index (χ2n) is 5.46. The van der Waals surface area contributed by atoms with Gasteiger partial charge in [-0.2, -0.15) is 0 Å². The fraction of sp³-hybridized carbons (Fsp3) is 0.923. The van der Waals surface area contributed by atoms with Gasteiger partial charge in [0, 0.05) is 7.11 Å². The van der Waals surface area contributed by atoms with Crippen molar-refractivity contribution in [1.29, 1.82) is 0 Å². The van der Waals surface area contributed by atoms with Crippen LogP contribution in [0.2, 0.25) is 0 Å². The molecule has 4 heteroatoms. The van der Waals surface area contributed by atoms with Crippen molar-refractivity contribution in [3.05, 3.63) is 0 Å². The molecule has 4 nitrogen and oxygen atoms in total. The fourth-order valence-corrected chi connectivity index (χ4v) is 2.96. The number of nitrogens with one attached hydrogen (secondary N) is 2. The van der Waals surface area contributed by atoms with E-state index in [2.05, 4.69) is 17.6 Å². The zero-order valence-electron chi connectivity index (χ0n) is 10.9. The van der Waals surface area contributed by atoms with Crippen LogP contribution in [0.4, 0.5) is 0 Å². The Morgan fingerprint density at radius 1 is 1.35 bits per heavy atom. The molecule has 1 amide bonds. The van der Waals surface area contributed by atoms with Crippen LogP contribution in [-0.2, 0) is 9.53 Å². The minimum Gasteiger partial charge on any atom is -0.379 e. The van der Waals surface area contributed by atoms with Crippen molar-refractivity contribution >= 4 is 5.91 Å². The Hall–Kier alpha value is -0.610. The Labute approximate surface area is 103 Å². The first kappa shape index (κ1) is 12.8. The van der Waals surface area contributed by atoms with E-state index >= 15 is 0 Å². The Kier molecular flexibility index (Phi) is 4.40. The molecule has 0 aromatic rings. The molecule has 1 aliphatic carbocycles. The van der Waals surface area contributed by atoms with Crippen molar-refractivity contribution in [2.45, 2.75) is 57.2 Å². The first-order valence-electron chi connectivity index (χ1n) is 6.77. The Morgan fingerprint density at radius 2 is 2.18 bits per heavy atom. The standard InChI is InChI=1S/C13H24N2O2/c1-9-6-7-14-11(8-9)13(16)15-10-4-3-5-12(10)17-2/h9-12,14H,3-8H2,1-2H3,(H,15,16). The third-order valence-corrected chi connectivity index (χ3v) is 4.07. The molecule has 98 valence electrons. The maximum absolute atomic E-state index is 12.1. The Morgan fingerprint density at radius 3 is 2.88 bits per heavy atom. The predicted octanol–water partition coefficient (Wildman–Crippen LogP) is 1.06. The van der Waals surface area contributed by atoms with Crippen molar-refractivity contribution in [1.82, 2.24) is 10.6 Å².